The molecular formula is C10H20N2O2. The molecule has 14 heavy (non-hydrogen) atoms. The van der Waals surface area contributed by atoms with Crippen molar-refractivity contribution in [1.29, 1.82) is 0 Å². The third-order valence-electron chi connectivity index (χ3n) is 2.65. The Morgan fingerprint density at radius 2 is 2.14 bits per heavy atom. The SMILES string of the molecule is CCN(CC)C(=O)N1CCOCC1C. The van der Waals surface area contributed by atoms with E-state index in [1.807, 2.05) is 30.6 Å². The topological polar surface area (TPSA) is 32.8 Å². The molecule has 82 valence electrons. The predicted octanol–water partition coefficient (Wildman–Crippen LogP) is 1.17. The average Bonchev–Trinajstić information content (AvgIpc) is 2.20. The minimum Gasteiger partial charge on any atom is -0.377 e. The maximum absolute atomic E-state index is 12.0. The molecule has 0 bridgehead atoms. The first-order chi connectivity index (χ1) is 6.70. The average molecular weight is 200 g/mol. The normalized spacial score (nSPS) is 22.2. The summed E-state index contributed by atoms with van der Waals surface area (Å²) in [7, 11) is 0. The Labute approximate surface area is 85.8 Å². The number of amides is 2. The Bertz CT molecular complexity index is 193. The molecule has 4 heteroatoms. The molecule has 1 rings (SSSR count). The van der Waals surface area contributed by atoms with Gasteiger partial charge in [-0.3, -0.25) is 0 Å². The lowest BCUT2D eigenvalue weighted by Crippen LogP contribution is -2.52. The number of morpholine rings is 1. The highest BCUT2D eigenvalue weighted by Crippen LogP contribution is 2.09. The number of rotatable bonds is 2. The summed E-state index contributed by atoms with van der Waals surface area (Å²) < 4.78 is 5.30. The minimum absolute atomic E-state index is 0.144. The fraction of sp³-hybridized carbons (Fsp3) is 0.900. The second-order valence-corrected chi connectivity index (χ2v) is 3.57. The van der Waals surface area contributed by atoms with Gasteiger partial charge in [-0.05, 0) is 20.8 Å². The van der Waals surface area contributed by atoms with Crippen LogP contribution in [0.25, 0.3) is 0 Å². The van der Waals surface area contributed by atoms with E-state index in [9.17, 15) is 4.79 Å². The molecule has 1 unspecified atom stereocenters. The third kappa shape index (κ3) is 2.38. The first-order valence-corrected chi connectivity index (χ1v) is 5.34. The molecule has 0 aliphatic carbocycles. The molecule has 0 spiro atoms. The van der Waals surface area contributed by atoms with Crippen molar-refractivity contribution < 1.29 is 9.53 Å². The van der Waals surface area contributed by atoms with Gasteiger partial charge in [-0.25, -0.2) is 4.79 Å². The van der Waals surface area contributed by atoms with E-state index in [1.54, 1.807) is 0 Å². The lowest BCUT2D eigenvalue weighted by atomic mass is 10.2. The summed E-state index contributed by atoms with van der Waals surface area (Å²) in [6.07, 6.45) is 0. The van der Waals surface area contributed by atoms with Crippen LogP contribution >= 0.6 is 0 Å². The van der Waals surface area contributed by atoms with Crippen LogP contribution in [0.3, 0.4) is 0 Å². The number of urea groups is 1. The lowest BCUT2D eigenvalue weighted by Gasteiger charge is -2.36. The zero-order chi connectivity index (χ0) is 10.6. The standard InChI is InChI=1S/C10H20N2O2/c1-4-11(5-2)10(13)12-6-7-14-8-9(12)3/h9H,4-8H2,1-3H3. The molecular weight excluding hydrogens is 180 g/mol. The first-order valence-electron chi connectivity index (χ1n) is 5.34. The van der Waals surface area contributed by atoms with Crippen LogP contribution in [0.1, 0.15) is 20.8 Å². The van der Waals surface area contributed by atoms with Gasteiger partial charge in [-0.2, -0.15) is 0 Å². The molecule has 0 aromatic carbocycles. The summed E-state index contributed by atoms with van der Waals surface area (Å²) in [4.78, 5) is 15.7. The van der Waals surface area contributed by atoms with Gasteiger partial charge in [0.25, 0.3) is 0 Å². The zero-order valence-electron chi connectivity index (χ0n) is 9.32. The Hall–Kier alpha value is -0.770. The highest BCUT2D eigenvalue weighted by molar-refractivity contribution is 5.74. The molecule has 0 aromatic heterocycles. The van der Waals surface area contributed by atoms with Crippen molar-refractivity contribution in [2.45, 2.75) is 26.8 Å². The zero-order valence-corrected chi connectivity index (χ0v) is 9.32. The smallest absolute Gasteiger partial charge is 0.320 e. The van der Waals surface area contributed by atoms with Gasteiger partial charge in [0.15, 0.2) is 0 Å². The number of hydrogen-bond acceptors (Lipinski definition) is 2. The molecule has 0 aromatic rings. The van der Waals surface area contributed by atoms with E-state index in [0.717, 1.165) is 19.6 Å². The van der Waals surface area contributed by atoms with Gasteiger partial charge in [-0.1, -0.05) is 0 Å². The van der Waals surface area contributed by atoms with Gasteiger partial charge in [0, 0.05) is 19.6 Å². The summed E-state index contributed by atoms with van der Waals surface area (Å²) in [6, 6.07) is 0.350. The summed E-state index contributed by atoms with van der Waals surface area (Å²) in [6.45, 7) is 9.64. The van der Waals surface area contributed by atoms with Crippen LogP contribution in [-0.4, -0.2) is 54.7 Å². The molecule has 0 saturated carbocycles. The van der Waals surface area contributed by atoms with Gasteiger partial charge < -0.3 is 14.5 Å². The summed E-state index contributed by atoms with van der Waals surface area (Å²) in [5, 5.41) is 0. The lowest BCUT2D eigenvalue weighted by molar-refractivity contribution is 0.0110. The Balaban J connectivity index is 2.57. The van der Waals surface area contributed by atoms with Crippen molar-refractivity contribution in [3.8, 4) is 0 Å². The van der Waals surface area contributed by atoms with Gasteiger partial charge in [0.05, 0.1) is 19.3 Å². The highest BCUT2D eigenvalue weighted by atomic mass is 16.5. The maximum atomic E-state index is 12.0. The van der Waals surface area contributed by atoms with E-state index in [2.05, 4.69) is 0 Å². The van der Waals surface area contributed by atoms with E-state index in [0.29, 0.717) is 13.2 Å². The largest absolute Gasteiger partial charge is 0.377 e. The quantitative estimate of drug-likeness (QED) is 0.670. The summed E-state index contributed by atoms with van der Waals surface area (Å²) >= 11 is 0. The molecule has 1 saturated heterocycles. The number of carbonyl (C=O) groups is 1. The predicted molar refractivity (Wildman–Crippen MR) is 55.3 cm³/mol. The highest BCUT2D eigenvalue weighted by Gasteiger charge is 2.26. The van der Waals surface area contributed by atoms with Crippen LogP contribution in [0.4, 0.5) is 4.79 Å². The molecule has 4 nitrogen and oxygen atoms in total. The van der Waals surface area contributed by atoms with Gasteiger partial charge in [0.1, 0.15) is 0 Å². The fourth-order valence-electron chi connectivity index (χ4n) is 1.69. The van der Waals surface area contributed by atoms with Crippen molar-refractivity contribution >= 4 is 6.03 Å². The minimum atomic E-state index is 0.144. The van der Waals surface area contributed by atoms with Crippen LogP contribution in [0.5, 0.6) is 0 Å². The molecule has 1 fully saturated rings. The first kappa shape index (κ1) is 11.3. The van der Waals surface area contributed by atoms with Crippen molar-refractivity contribution in [2.24, 2.45) is 0 Å². The van der Waals surface area contributed by atoms with Crippen molar-refractivity contribution in [3.05, 3.63) is 0 Å². The summed E-state index contributed by atoms with van der Waals surface area (Å²) in [5.74, 6) is 0. The van der Waals surface area contributed by atoms with Crippen molar-refractivity contribution in [3.63, 3.8) is 0 Å². The van der Waals surface area contributed by atoms with E-state index in [4.69, 9.17) is 4.74 Å². The number of carbonyl (C=O) groups excluding carboxylic acids is 1. The molecule has 1 aliphatic heterocycles. The molecule has 1 heterocycles. The van der Waals surface area contributed by atoms with Gasteiger partial charge in [0.2, 0.25) is 0 Å². The van der Waals surface area contributed by atoms with Crippen LogP contribution in [-0.2, 0) is 4.74 Å². The third-order valence-corrected chi connectivity index (χ3v) is 2.65. The van der Waals surface area contributed by atoms with E-state index in [1.165, 1.54) is 0 Å². The van der Waals surface area contributed by atoms with Crippen LogP contribution in [0.15, 0.2) is 0 Å². The second-order valence-electron chi connectivity index (χ2n) is 3.57. The van der Waals surface area contributed by atoms with E-state index >= 15 is 0 Å². The van der Waals surface area contributed by atoms with Gasteiger partial charge >= 0.3 is 6.03 Å². The van der Waals surface area contributed by atoms with Crippen molar-refractivity contribution in [2.75, 3.05) is 32.8 Å². The molecule has 1 atom stereocenters. The van der Waals surface area contributed by atoms with Crippen LogP contribution in [0.2, 0.25) is 0 Å². The monoisotopic (exact) mass is 200 g/mol. The van der Waals surface area contributed by atoms with Crippen LogP contribution in [0, 0.1) is 0 Å². The Morgan fingerprint density at radius 3 is 2.64 bits per heavy atom. The van der Waals surface area contributed by atoms with E-state index < -0.39 is 0 Å². The molecule has 0 N–H and O–H groups in total. The number of ether oxygens (including phenoxy) is 1. The van der Waals surface area contributed by atoms with Crippen LogP contribution < -0.4 is 0 Å². The van der Waals surface area contributed by atoms with E-state index in [-0.39, 0.29) is 12.1 Å². The molecule has 0 radical (unpaired) electrons. The number of hydrogen-bond donors (Lipinski definition) is 0. The second kappa shape index (κ2) is 5.20. The maximum Gasteiger partial charge on any atom is 0.320 e. The summed E-state index contributed by atoms with van der Waals surface area (Å²) in [5.41, 5.74) is 0. The number of nitrogens with zero attached hydrogens (tertiary/aromatic N) is 2. The Kier molecular flexibility index (Phi) is 4.20. The van der Waals surface area contributed by atoms with Gasteiger partial charge in [-0.15, -0.1) is 0 Å². The fourth-order valence-corrected chi connectivity index (χ4v) is 1.69. The molecule has 2 amide bonds. The Morgan fingerprint density at radius 1 is 1.50 bits per heavy atom. The van der Waals surface area contributed by atoms with Crippen molar-refractivity contribution in [1.82, 2.24) is 9.80 Å². The molecule has 1 aliphatic rings.